The molecule has 0 unspecified atom stereocenters. The number of likely N-dealkylation sites (tertiary alicyclic amines) is 1. The van der Waals surface area contributed by atoms with Crippen LogP contribution >= 0.6 is 11.9 Å². The quantitative estimate of drug-likeness (QED) is 0.512. The number of amides is 1. The normalized spacial score (nSPS) is 21.3. The van der Waals surface area contributed by atoms with Crippen LogP contribution in [0.4, 0.5) is 13.2 Å². The van der Waals surface area contributed by atoms with E-state index in [1.165, 1.54) is 56.2 Å². The smallest absolute Gasteiger partial charge is 0.343 e. The van der Waals surface area contributed by atoms with E-state index in [0.717, 1.165) is 51.4 Å². The first-order chi connectivity index (χ1) is 15.4. The lowest BCUT2D eigenvalue weighted by Crippen LogP contribution is -2.46. The minimum absolute atomic E-state index is 0.218. The molecule has 178 valence electrons. The van der Waals surface area contributed by atoms with E-state index < -0.39 is 11.7 Å². The van der Waals surface area contributed by atoms with Gasteiger partial charge in [0, 0.05) is 49.1 Å². The number of hydrogen-bond donors (Lipinski definition) is 1. The van der Waals surface area contributed by atoms with Crippen molar-refractivity contribution in [2.45, 2.75) is 93.4 Å². The summed E-state index contributed by atoms with van der Waals surface area (Å²) in [7, 11) is 0. The molecule has 0 spiro atoms. The van der Waals surface area contributed by atoms with Gasteiger partial charge in [0.05, 0.1) is 5.56 Å². The second-order valence-corrected chi connectivity index (χ2v) is 10.4. The van der Waals surface area contributed by atoms with Crippen molar-refractivity contribution in [3.63, 3.8) is 0 Å². The number of nitrogens with one attached hydrogen (secondary N) is 1. The van der Waals surface area contributed by atoms with Crippen LogP contribution in [0.3, 0.4) is 0 Å². The molecule has 3 aliphatic rings. The zero-order valence-electron chi connectivity index (χ0n) is 18.6. The lowest BCUT2D eigenvalue weighted by Gasteiger charge is -2.38. The lowest BCUT2D eigenvalue weighted by atomic mass is 9.95. The van der Waals surface area contributed by atoms with Crippen molar-refractivity contribution < 1.29 is 18.0 Å². The first kappa shape index (κ1) is 23.9. The molecule has 3 fully saturated rings. The largest absolute Gasteiger partial charge is 0.416 e. The molecule has 1 aliphatic heterocycles. The minimum Gasteiger partial charge on any atom is -0.343 e. The van der Waals surface area contributed by atoms with Crippen LogP contribution in [0, 0.1) is 0 Å². The average Bonchev–Trinajstić information content (AvgIpc) is 3.63. The molecular weight excluding hydrogens is 435 g/mol. The molecule has 1 aromatic carbocycles. The van der Waals surface area contributed by atoms with E-state index in [4.69, 9.17) is 0 Å². The van der Waals surface area contributed by atoms with Gasteiger partial charge in [-0.25, -0.2) is 4.31 Å². The zero-order chi connectivity index (χ0) is 22.6. The number of piperidine rings is 1. The monoisotopic (exact) mass is 469 g/mol. The lowest BCUT2D eigenvalue weighted by molar-refractivity contribution is -0.137. The Morgan fingerprint density at radius 1 is 1.03 bits per heavy atom. The van der Waals surface area contributed by atoms with Gasteiger partial charge in [-0.3, -0.25) is 4.79 Å². The van der Waals surface area contributed by atoms with Crippen molar-refractivity contribution in [2.75, 3.05) is 19.6 Å². The van der Waals surface area contributed by atoms with Gasteiger partial charge in [-0.2, -0.15) is 13.2 Å². The van der Waals surface area contributed by atoms with E-state index in [0.29, 0.717) is 29.4 Å². The standard InChI is InChI=1S/C24H34F3N3OS/c25-24(26,27)18-5-4-8-22(17-18)32-30(20-9-10-20)21-12-15-29(16-13-21)23(31)11-14-28-19-6-2-1-3-7-19/h4-5,8,17,19-21,28H,1-3,6-7,9-16H2. The van der Waals surface area contributed by atoms with E-state index in [1.54, 1.807) is 6.07 Å². The topological polar surface area (TPSA) is 35.6 Å². The molecule has 0 bridgehead atoms. The summed E-state index contributed by atoms with van der Waals surface area (Å²) in [5.41, 5.74) is -0.597. The Bertz CT molecular complexity index is 757. The van der Waals surface area contributed by atoms with Crippen LogP contribution in [0.5, 0.6) is 0 Å². The Kier molecular flexibility index (Phi) is 8.05. The summed E-state index contributed by atoms with van der Waals surface area (Å²) in [6.45, 7) is 2.22. The third-order valence-corrected chi connectivity index (χ3v) is 8.10. The number of nitrogens with zero attached hydrogens (tertiary/aromatic N) is 2. The third-order valence-electron chi connectivity index (χ3n) is 6.83. The maximum absolute atomic E-state index is 13.1. The molecule has 1 amide bonds. The molecule has 0 radical (unpaired) electrons. The van der Waals surface area contributed by atoms with Gasteiger partial charge in [0.2, 0.25) is 5.91 Å². The van der Waals surface area contributed by atoms with Crippen molar-refractivity contribution in [1.29, 1.82) is 0 Å². The van der Waals surface area contributed by atoms with Crippen LogP contribution < -0.4 is 5.32 Å². The van der Waals surface area contributed by atoms with Crippen molar-refractivity contribution in [2.24, 2.45) is 0 Å². The Hall–Kier alpha value is -1.25. The van der Waals surface area contributed by atoms with Crippen molar-refractivity contribution >= 4 is 17.9 Å². The number of halogens is 3. The van der Waals surface area contributed by atoms with Gasteiger partial charge in [0.15, 0.2) is 0 Å². The van der Waals surface area contributed by atoms with Crippen molar-refractivity contribution in [1.82, 2.24) is 14.5 Å². The fourth-order valence-corrected chi connectivity index (χ4v) is 6.13. The van der Waals surface area contributed by atoms with Crippen LogP contribution in [0.15, 0.2) is 29.2 Å². The molecule has 2 aliphatic carbocycles. The molecule has 4 nitrogen and oxygen atoms in total. The molecule has 1 saturated heterocycles. The van der Waals surface area contributed by atoms with Crippen molar-refractivity contribution in [3.8, 4) is 0 Å². The molecule has 0 atom stereocenters. The van der Waals surface area contributed by atoms with E-state index in [2.05, 4.69) is 9.62 Å². The van der Waals surface area contributed by atoms with Crippen LogP contribution in [0.2, 0.25) is 0 Å². The van der Waals surface area contributed by atoms with Gasteiger partial charge >= 0.3 is 6.18 Å². The Labute approximate surface area is 193 Å². The summed E-state index contributed by atoms with van der Waals surface area (Å²) in [6.07, 6.45) is 6.52. The molecule has 0 aromatic heterocycles. The summed E-state index contributed by atoms with van der Waals surface area (Å²) in [5, 5.41) is 3.55. The summed E-state index contributed by atoms with van der Waals surface area (Å²) in [5.74, 6) is 0.218. The van der Waals surface area contributed by atoms with E-state index in [-0.39, 0.29) is 5.91 Å². The molecule has 1 heterocycles. The Morgan fingerprint density at radius 3 is 2.38 bits per heavy atom. The maximum atomic E-state index is 13.1. The second kappa shape index (κ2) is 10.8. The summed E-state index contributed by atoms with van der Waals surface area (Å²) in [4.78, 5) is 15.3. The molecule has 1 aromatic rings. The van der Waals surface area contributed by atoms with Gasteiger partial charge < -0.3 is 10.2 Å². The molecule has 1 N–H and O–H groups in total. The molecule has 8 heteroatoms. The van der Waals surface area contributed by atoms with Gasteiger partial charge in [0.1, 0.15) is 0 Å². The van der Waals surface area contributed by atoms with E-state index >= 15 is 0 Å². The van der Waals surface area contributed by atoms with Crippen molar-refractivity contribution in [3.05, 3.63) is 29.8 Å². The molecule has 4 rings (SSSR count). The van der Waals surface area contributed by atoms with Crippen LogP contribution in [-0.2, 0) is 11.0 Å². The SMILES string of the molecule is O=C(CCNC1CCCCC1)N1CCC(N(Sc2cccc(C(F)(F)F)c2)C2CC2)CC1. The molecular formula is C24H34F3N3OS. The third kappa shape index (κ3) is 6.64. The molecule has 32 heavy (non-hydrogen) atoms. The van der Waals surface area contributed by atoms with Crippen LogP contribution in [0.1, 0.15) is 69.8 Å². The van der Waals surface area contributed by atoms with Crippen LogP contribution in [0.25, 0.3) is 0 Å². The number of carbonyl (C=O) groups is 1. The van der Waals surface area contributed by atoms with Gasteiger partial charge in [0.25, 0.3) is 0 Å². The Balaban J connectivity index is 1.25. The Morgan fingerprint density at radius 2 is 1.72 bits per heavy atom. The zero-order valence-corrected chi connectivity index (χ0v) is 19.4. The van der Waals surface area contributed by atoms with E-state index in [1.807, 2.05) is 4.90 Å². The maximum Gasteiger partial charge on any atom is 0.416 e. The highest BCUT2D eigenvalue weighted by atomic mass is 32.2. The van der Waals surface area contributed by atoms with Gasteiger partial charge in [-0.15, -0.1) is 0 Å². The van der Waals surface area contributed by atoms with E-state index in [9.17, 15) is 18.0 Å². The predicted molar refractivity (Wildman–Crippen MR) is 121 cm³/mol. The summed E-state index contributed by atoms with van der Waals surface area (Å²) < 4.78 is 41.5. The van der Waals surface area contributed by atoms with Crippen LogP contribution in [-0.4, -0.2) is 52.9 Å². The number of hydrogen-bond acceptors (Lipinski definition) is 4. The van der Waals surface area contributed by atoms with Gasteiger partial charge in [-0.1, -0.05) is 25.3 Å². The molecule has 2 saturated carbocycles. The van der Waals surface area contributed by atoms with Gasteiger partial charge in [-0.05, 0) is 68.7 Å². The predicted octanol–water partition coefficient (Wildman–Crippen LogP) is 5.48. The average molecular weight is 470 g/mol. The summed E-state index contributed by atoms with van der Waals surface area (Å²) >= 11 is 1.46. The highest BCUT2D eigenvalue weighted by molar-refractivity contribution is 7.97. The first-order valence-corrected chi connectivity index (χ1v) is 12.8. The number of benzene rings is 1. The number of rotatable bonds is 8. The highest BCUT2D eigenvalue weighted by Crippen LogP contribution is 2.41. The summed E-state index contributed by atoms with van der Waals surface area (Å²) in [6, 6.07) is 6.92. The number of carbonyl (C=O) groups excluding carboxylic acids is 1. The fraction of sp³-hybridized carbons (Fsp3) is 0.708. The number of alkyl halides is 3. The highest BCUT2D eigenvalue weighted by Gasteiger charge is 2.37. The minimum atomic E-state index is -4.32. The second-order valence-electron chi connectivity index (χ2n) is 9.36. The first-order valence-electron chi connectivity index (χ1n) is 12.0. The fourth-order valence-electron chi connectivity index (χ4n) is 4.84.